The molecule has 0 unspecified atom stereocenters. The van der Waals surface area contributed by atoms with Crippen LogP contribution in [-0.2, 0) is 6.42 Å². The van der Waals surface area contributed by atoms with E-state index in [1.807, 2.05) is 20.8 Å². The second-order valence-corrected chi connectivity index (χ2v) is 2.49. The molecule has 2 heterocycles. The maximum absolute atomic E-state index is 10.8. The summed E-state index contributed by atoms with van der Waals surface area (Å²) < 4.78 is 0. The Kier molecular flexibility index (Phi) is 3.39. The molecule has 2 N–H and O–H groups in total. The minimum atomic E-state index is -0.364. The summed E-state index contributed by atoms with van der Waals surface area (Å²) in [6, 6.07) is 0. The molecule has 2 aromatic heterocycles. The molecule has 14 heavy (non-hydrogen) atoms. The molecule has 0 aliphatic rings. The van der Waals surface area contributed by atoms with E-state index in [1.165, 1.54) is 6.20 Å². The minimum Gasteiger partial charge on any atom is -0.339 e. The van der Waals surface area contributed by atoms with Gasteiger partial charge >= 0.3 is 5.69 Å². The van der Waals surface area contributed by atoms with E-state index in [0.717, 1.165) is 17.8 Å². The van der Waals surface area contributed by atoms with E-state index in [4.69, 9.17) is 0 Å². The maximum Gasteiger partial charge on any atom is 0.346 e. The van der Waals surface area contributed by atoms with Crippen molar-refractivity contribution in [2.75, 3.05) is 0 Å². The number of H-pyrrole nitrogens is 2. The molecular weight excluding hydrogens is 180 g/mol. The number of aromatic nitrogens is 4. The molecule has 0 radical (unpaired) electrons. The second-order valence-electron chi connectivity index (χ2n) is 2.49. The Morgan fingerprint density at radius 1 is 1.36 bits per heavy atom. The number of hydrogen-bond donors (Lipinski definition) is 2. The zero-order chi connectivity index (χ0) is 10.6. The van der Waals surface area contributed by atoms with E-state index >= 15 is 0 Å². The quantitative estimate of drug-likeness (QED) is 0.717. The molecule has 0 amide bonds. The highest BCUT2D eigenvalue weighted by atomic mass is 16.1. The lowest BCUT2D eigenvalue weighted by Crippen LogP contribution is -2.08. The van der Waals surface area contributed by atoms with Crippen LogP contribution in [0.15, 0.2) is 11.0 Å². The molecular formula is C9H14N4O. The van der Waals surface area contributed by atoms with Gasteiger partial charge in [-0.2, -0.15) is 4.98 Å². The first kappa shape index (κ1) is 10.4. The Morgan fingerprint density at radius 2 is 2.07 bits per heavy atom. The summed E-state index contributed by atoms with van der Waals surface area (Å²) in [5.74, 6) is 0.855. The highest BCUT2D eigenvalue weighted by Gasteiger charge is 2.00. The van der Waals surface area contributed by atoms with Crippen LogP contribution in [0.4, 0.5) is 0 Å². The molecule has 76 valence electrons. The van der Waals surface area contributed by atoms with Crippen LogP contribution in [0, 0.1) is 0 Å². The SMILES string of the molecule is CC.CCc1nc2[nH]c(=O)ncc2[nH]1. The number of fused-ring (bicyclic) bond motifs is 1. The number of nitrogens with zero attached hydrogens (tertiary/aromatic N) is 2. The largest absolute Gasteiger partial charge is 0.346 e. The predicted octanol–water partition coefficient (Wildman–Crippen LogP) is 1.23. The van der Waals surface area contributed by atoms with E-state index in [0.29, 0.717) is 5.65 Å². The number of aryl methyl sites for hydroxylation is 1. The van der Waals surface area contributed by atoms with Gasteiger partial charge in [0.25, 0.3) is 0 Å². The van der Waals surface area contributed by atoms with Crippen LogP contribution >= 0.6 is 0 Å². The zero-order valence-corrected chi connectivity index (χ0v) is 8.59. The Bertz CT molecular complexity index is 457. The van der Waals surface area contributed by atoms with Gasteiger partial charge in [0.15, 0.2) is 5.65 Å². The fourth-order valence-corrected chi connectivity index (χ4v) is 1.05. The molecule has 0 fully saturated rings. The van der Waals surface area contributed by atoms with Crippen molar-refractivity contribution in [3.8, 4) is 0 Å². The number of nitrogens with one attached hydrogen (secondary N) is 2. The van der Waals surface area contributed by atoms with Gasteiger partial charge in [-0.3, -0.25) is 4.98 Å². The monoisotopic (exact) mass is 194 g/mol. The lowest BCUT2D eigenvalue weighted by Gasteiger charge is -1.82. The Hall–Kier alpha value is -1.65. The van der Waals surface area contributed by atoms with Crippen LogP contribution in [0.5, 0.6) is 0 Å². The van der Waals surface area contributed by atoms with Gasteiger partial charge in [0.2, 0.25) is 0 Å². The third-order valence-corrected chi connectivity index (χ3v) is 1.65. The van der Waals surface area contributed by atoms with Crippen LogP contribution in [0.1, 0.15) is 26.6 Å². The average Bonchev–Trinajstić information content (AvgIpc) is 2.62. The molecule has 2 aromatic rings. The summed E-state index contributed by atoms with van der Waals surface area (Å²) in [5, 5.41) is 0. The first-order valence-corrected chi connectivity index (χ1v) is 4.73. The van der Waals surface area contributed by atoms with Crippen molar-refractivity contribution >= 4 is 11.2 Å². The minimum absolute atomic E-state index is 0.364. The first-order chi connectivity index (χ1) is 6.79. The van der Waals surface area contributed by atoms with Crippen molar-refractivity contribution < 1.29 is 0 Å². The molecule has 2 rings (SSSR count). The van der Waals surface area contributed by atoms with Gasteiger partial charge in [-0.25, -0.2) is 9.78 Å². The summed E-state index contributed by atoms with van der Waals surface area (Å²) in [5.41, 5.74) is 0.981. The van der Waals surface area contributed by atoms with Crippen molar-refractivity contribution in [1.82, 2.24) is 19.9 Å². The van der Waals surface area contributed by atoms with Gasteiger partial charge in [0.05, 0.1) is 6.20 Å². The summed E-state index contributed by atoms with van der Waals surface area (Å²) in [6.07, 6.45) is 2.30. The zero-order valence-electron chi connectivity index (χ0n) is 8.59. The average molecular weight is 194 g/mol. The van der Waals surface area contributed by atoms with Crippen molar-refractivity contribution in [1.29, 1.82) is 0 Å². The van der Waals surface area contributed by atoms with Crippen molar-refractivity contribution in [2.45, 2.75) is 27.2 Å². The number of aromatic amines is 2. The standard InChI is InChI=1S/C7H8N4O.C2H6/c1-2-5-9-4-3-8-7(12)11-6(4)10-5;1-2/h3H,2H2,1H3,(H2,8,9,10,11,12);1-2H3. The van der Waals surface area contributed by atoms with E-state index in [2.05, 4.69) is 19.9 Å². The molecule has 0 saturated carbocycles. The van der Waals surface area contributed by atoms with Gasteiger partial charge in [0, 0.05) is 6.42 Å². The van der Waals surface area contributed by atoms with Gasteiger partial charge in [-0.15, -0.1) is 0 Å². The molecule has 0 saturated heterocycles. The highest BCUT2D eigenvalue weighted by molar-refractivity contribution is 5.68. The van der Waals surface area contributed by atoms with Gasteiger partial charge in [0.1, 0.15) is 11.3 Å². The molecule has 0 aliphatic heterocycles. The Labute approximate surface area is 81.6 Å². The van der Waals surface area contributed by atoms with Crippen LogP contribution in [-0.4, -0.2) is 19.9 Å². The van der Waals surface area contributed by atoms with Gasteiger partial charge < -0.3 is 4.98 Å². The normalized spacial score (nSPS) is 9.64. The van der Waals surface area contributed by atoms with E-state index < -0.39 is 0 Å². The van der Waals surface area contributed by atoms with Crippen molar-refractivity contribution in [3.05, 3.63) is 22.5 Å². The fourth-order valence-electron chi connectivity index (χ4n) is 1.05. The van der Waals surface area contributed by atoms with Gasteiger partial charge in [-0.1, -0.05) is 20.8 Å². The van der Waals surface area contributed by atoms with E-state index in [1.54, 1.807) is 0 Å². The molecule has 0 spiro atoms. The predicted molar refractivity (Wildman–Crippen MR) is 55.2 cm³/mol. The van der Waals surface area contributed by atoms with Crippen LogP contribution in [0.25, 0.3) is 11.2 Å². The van der Waals surface area contributed by atoms with E-state index in [9.17, 15) is 4.79 Å². The number of imidazole rings is 1. The molecule has 0 aromatic carbocycles. The molecule has 0 atom stereocenters. The van der Waals surface area contributed by atoms with Crippen LogP contribution in [0.2, 0.25) is 0 Å². The Balaban J connectivity index is 0.000000461. The highest BCUT2D eigenvalue weighted by Crippen LogP contribution is 2.04. The fraction of sp³-hybridized carbons (Fsp3) is 0.444. The second kappa shape index (κ2) is 4.55. The Morgan fingerprint density at radius 3 is 2.71 bits per heavy atom. The third kappa shape index (κ3) is 1.99. The number of rotatable bonds is 1. The third-order valence-electron chi connectivity index (χ3n) is 1.65. The lowest BCUT2D eigenvalue weighted by molar-refractivity contribution is 0.996. The van der Waals surface area contributed by atoms with Crippen LogP contribution < -0.4 is 5.69 Å². The summed E-state index contributed by atoms with van der Waals surface area (Å²) >= 11 is 0. The summed E-state index contributed by atoms with van der Waals surface area (Å²) in [4.78, 5) is 24.0. The van der Waals surface area contributed by atoms with Gasteiger partial charge in [-0.05, 0) is 0 Å². The number of hydrogen-bond acceptors (Lipinski definition) is 3. The molecule has 5 heteroatoms. The van der Waals surface area contributed by atoms with E-state index in [-0.39, 0.29) is 5.69 Å². The smallest absolute Gasteiger partial charge is 0.339 e. The molecule has 0 bridgehead atoms. The van der Waals surface area contributed by atoms with Crippen LogP contribution in [0.3, 0.4) is 0 Å². The van der Waals surface area contributed by atoms with Crippen molar-refractivity contribution in [3.63, 3.8) is 0 Å². The topological polar surface area (TPSA) is 74.4 Å². The first-order valence-electron chi connectivity index (χ1n) is 4.73. The van der Waals surface area contributed by atoms with Crippen molar-refractivity contribution in [2.24, 2.45) is 0 Å². The molecule has 5 nitrogen and oxygen atoms in total. The maximum atomic E-state index is 10.8. The lowest BCUT2D eigenvalue weighted by atomic mass is 10.5. The summed E-state index contributed by atoms with van der Waals surface area (Å²) in [6.45, 7) is 5.99. The molecule has 0 aliphatic carbocycles. The summed E-state index contributed by atoms with van der Waals surface area (Å²) in [7, 11) is 0.